The van der Waals surface area contributed by atoms with Crippen LogP contribution in [-0.4, -0.2) is 5.78 Å². The maximum absolute atomic E-state index is 11.4. The molecule has 0 N–H and O–H groups in total. The quantitative estimate of drug-likeness (QED) is 0.581. The molecule has 14 heavy (non-hydrogen) atoms. The second kappa shape index (κ2) is 3.22. The zero-order valence-corrected chi connectivity index (χ0v) is 8.67. The summed E-state index contributed by atoms with van der Waals surface area (Å²) in [5, 5.41) is 0. The third-order valence-corrected chi connectivity index (χ3v) is 4.33. The fraction of sp³-hybridized carbons (Fsp3) is 0.769. The average Bonchev–Trinajstić information content (AvgIpc) is 2.78. The van der Waals surface area contributed by atoms with Gasteiger partial charge in [0.25, 0.3) is 0 Å². The molecule has 0 aliphatic heterocycles. The fourth-order valence-electron chi connectivity index (χ4n) is 3.66. The molecule has 3 aliphatic rings. The maximum atomic E-state index is 11.4. The molecule has 0 radical (unpaired) electrons. The van der Waals surface area contributed by atoms with Crippen LogP contribution in [-0.2, 0) is 4.79 Å². The number of rotatable bonds is 1. The Morgan fingerprint density at radius 2 is 2.07 bits per heavy atom. The van der Waals surface area contributed by atoms with Crippen molar-refractivity contribution in [1.29, 1.82) is 0 Å². The highest BCUT2D eigenvalue weighted by atomic mass is 16.1. The van der Waals surface area contributed by atoms with Crippen LogP contribution in [0.25, 0.3) is 0 Å². The average molecular weight is 190 g/mol. The highest BCUT2D eigenvalue weighted by Crippen LogP contribution is 2.48. The molecule has 0 aromatic carbocycles. The number of ketones is 1. The molecule has 3 rings (SSSR count). The lowest BCUT2D eigenvalue weighted by Gasteiger charge is -2.26. The van der Waals surface area contributed by atoms with E-state index in [4.69, 9.17) is 0 Å². The number of hydrogen-bond donors (Lipinski definition) is 0. The van der Waals surface area contributed by atoms with E-state index in [0.717, 1.165) is 31.1 Å². The third-order valence-electron chi connectivity index (χ3n) is 4.33. The van der Waals surface area contributed by atoms with Gasteiger partial charge >= 0.3 is 0 Å². The topological polar surface area (TPSA) is 17.1 Å². The molecule has 1 nitrogen and oxygen atoms in total. The van der Waals surface area contributed by atoms with Crippen LogP contribution >= 0.6 is 0 Å². The van der Waals surface area contributed by atoms with Crippen molar-refractivity contribution >= 4 is 5.78 Å². The Bertz CT molecular complexity index is 290. The summed E-state index contributed by atoms with van der Waals surface area (Å²) in [4.78, 5) is 11.4. The first-order chi connectivity index (χ1) is 6.83. The van der Waals surface area contributed by atoms with Gasteiger partial charge in [-0.25, -0.2) is 0 Å². The van der Waals surface area contributed by atoms with Gasteiger partial charge in [0.1, 0.15) is 5.78 Å². The second-order valence-corrected chi connectivity index (χ2v) is 5.27. The number of Topliss-reactive ketones (excluding diaryl/α,β-unsaturated/α-hetero) is 1. The van der Waals surface area contributed by atoms with Crippen LogP contribution < -0.4 is 0 Å². The van der Waals surface area contributed by atoms with Gasteiger partial charge in [0.05, 0.1) is 0 Å². The van der Waals surface area contributed by atoms with E-state index in [1.54, 1.807) is 5.57 Å². The van der Waals surface area contributed by atoms with Gasteiger partial charge in [-0.15, -0.1) is 0 Å². The van der Waals surface area contributed by atoms with Gasteiger partial charge in [0, 0.05) is 12.8 Å². The molecular formula is C13H18O. The number of carbonyl (C=O) groups excluding carboxylic acids is 1. The maximum Gasteiger partial charge on any atom is 0.133 e. The summed E-state index contributed by atoms with van der Waals surface area (Å²) in [6.07, 6.45) is 10.8. The van der Waals surface area contributed by atoms with E-state index >= 15 is 0 Å². The Morgan fingerprint density at radius 1 is 1.14 bits per heavy atom. The van der Waals surface area contributed by atoms with E-state index in [1.807, 2.05) is 0 Å². The Morgan fingerprint density at radius 3 is 2.71 bits per heavy atom. The molecule has 1 heteroatoms. The molecule has 0 saturated heterocycles. The Kier molecular flexibility index (Phi) is 2.00. The van der Waals surface area contributed by atoms with Crippen LogP contribution in [0.4, 0.5) is 0 Å². The molecule has 0 spiro atoms. The number of carbonyl (C=O) groups is 1. The molecule has 2 unspecified atom stereocenters. The van der Waals surface area contributed by atoms with Crippen LogP contribution in [0.15, 0.2) is 11.6 Å². The standard InChI is InChI=1S/C13H18O/c14-12-3-1-2-10(8-12)13-7-9-4-5-11(13)6-9/h7,9-11H,1-6,8H2/t9?,10-,11?/m1/s1. The highest BCUT2D eigenvalue weighted by molar-refractivity contribution is 5.79. The van der Waals surface area contributed by atoms with E-state index in [2.05, 4.69) is 6.08 Å². The molecule has 2 bridgehead atoms. The summed E-state index contributed by atoms with van der Waals surface area (Å²) < 4.78 is 0. The van der Waals surface area contributed by atoms with Crippen molar-refractivity contribution in [2.24, 2.45) is 17.8 Å². The lowest BCUT2D eigenvalue weighted by atomic mass is 9.78. The zero-order chi connectivity index (χ0) is 9.54. The van der Waals surface area contributed by atoms with Crippen molar-refractivity contribution in [3.63, 3.8) is 0 Å². The van der Waals surface area contributed by atoms with Crippen LogP contribution in [0.5, 0.6) is 0 Å². The second-order valence-electron chi connectivity index (χ2n) is 5.27. The molecule has 2 fully saturated rings. The summed E-state index contributed by atoms with van der Waals surface area (Å²) in [5.74, 6) is 2.90. The summed E-state index contributed by atoms with van der Waals surface area (Å²) in [7, 11) is 0. The minimum Gasteiger partial charge on any atom is -0.300 e. The Hall–Kier alpha value is -0.590. The molecule has 3 aliphatic carbocycles. The van der Waals surface area contributed by atoms with E-state index in [-0.39, 0.29) is 0 Å². The van der Waals surface area contributed by atoms with Gasteiger partial charge in [-0.1, -0.05) is 11.6 Å². The van der Waals surface area contributed by atoms with E-state index < -0.39 is 0 Å². The summed E-state index contributed by atoms with van der Waals surface area (Å²) in [5.41, 5.74) is 1.68. The molecular weight excluding hydrogens is 172 g/mol. The lowest BCUT2D eigenvalue weighted by Crippen LogP contribution is -2.19. The summed E-state index contributed by atoms with van der Waals surface area (Å²) >= 11 is 0. The smallest absolute Gasteiger partial charge is 0.133 e. The van der Waals surface area contributed by atoms with Crippen LogP contribution in [0.2, 0.25) is 0 Å². The fourth-order valence-corrected chi connectivity index (χ4v) is 3.66. The first-order valence-corrected chi connectivity index (χ1v) is 6.06. The normalized spacial score (nSPS) is 41.6. The predicted octanol–water partition coefficient (Wildman–Crippen LogP) is 3.10. The number of fused-ring (bicyclic) bond motifs is 2. The van der Waals surface area contributed by atoms with Crippen molar-refractivity contribution in [3.8, 4) is 0 Å². The summed E-state index contributed by atoms with van der Waals surface area (Å²) in [6.45, 7) is 0. The first-order valence-electron chi connectivity index (χ1n) is 6.06. The minimum absolute atomic E-state index is 0.505. The van der Waals surface area contributed by atoms with Gasteiger partial charge < -0.3 is 0 Å². The van der Waals surface area contributed by atoms with Gasteiger partial charge in [-0.2, -0.15) is 0 Å². The van der Waals surface area contributed by atoms with Crippen molar-refractivity contribution in [3.05, 3.63) is 11.6 Å². The third kappa shape index (κ3) is 1.34. The molecule has 3 atom stereocenters. The van der Waals surface area contributed by atoms with E-state index in [9.17, 15) is 4.79 Å². The van der Waals surface area contributed by atoms with E-state index in [0.29, 0.717) is 11.7 Å². The monoisotopic (exact) mass is 190 g/mol. The van der Waals surface area contributed by atoms with Crippen LogP contribution in [0.1, 0.15) is 44.9 Å². The molecule has 2 saturated carbocycles. The molecule has 0 amide bonds. The van der Waals surface area contributed by atoms with Crippen LogP contribution in [0.3, 0.4) is 0 Å². The summed E-state index contributed by atoms with van der Waals surface area (Å²) in [6, 6.07) is 0. The SMILES string of the molecule is O=C1CCC[C@@H](C2=CC3CCC2C3)C1. The van der Waals surface area contributed by atoms with Crippen molar-refractivity contribution < 1.29 is 4.79 Å². The predicted molar refractivity (Wildman–Crippen MR) is 55.9 cm³/mol. The lowest BCUT2D eigenvalue weighted by molar-refractivity contribution is -0.121. The van der Waals surface area contributed by atoms with Gasteiger partial charge in [0.15, 0.2) is 0 Å². The molecule has 0 aromatic heterocycles. The van der Waals surface area contributed by atoms with Gasteiger partial charge in [-0.3, -0.25) is 4.79 Å². The number of allylic oxidation sites excluding steroid dienone is 2. The Balaban J connectivity index is 1.76. The van der Waals surface area contributed by atoms with E-state index in [1.165, 1.54) is 25.7 Å². The van der Waals surface area contributed by atoms with Crippen molar-refractivity contribution in [1.82, 2.24) is 0 Å². The van der Waals surface area contributed by atoms with Gasteiger partial charge in [0.2, 0.25) is 0 Å². The zero-order valence-electron chi connectivity index (χ0n) is 8.67. The minimum atomic E-state index is 0.505. The molecule has 0 aromatic rings. The van der Waals surface area contributed by atoms with Crippen LogP contribution in [0, 0.1) is 17.8 Å². The molecule has 76 valence electrons. The molecule has 0 heterocycles. The van der Waals surface area contributed by atoms with Crippen molar-refractivity contribution in [2.75, 3.05) is 0 Å². The highest BCUT2D eigenvalue weighted by Gasteiger charge is 2.37. The van der Waals surface area contributed by atoms with Crippen molar-refractivity contribution in [2.45, 2.75) is 44.9 Å². The van der Waals surface area contributed by atoms with Gasteiger partial charge in [-0.05, 0) is 49.9 Å². The first kappa shape index (κ1) is 8.70. The Labute approximate surface area is 85.6 Å². The number of hydrogen-bond acceptors (Lipinski definition) is 1. The largest absolute Gasteiger partial charge is 0.300 e.